The number of hydrogen-bond acceptors (Lipinski definition) is 12. The second kappa shape index (κ2) is 34.2. The zero-order valence-corrected chi connectivity index (χ0v) is 24.8. The van der Waals surface area contributed by atoms with Gasteiger partial charge in [-0.15, -0.1) is 0 Å². The quantitative estimate of drug-likeness (QED) is 0.100. The predicted octanol–water partition coefficient (Wildman–Crippen LogP) is 0.307. The summed E-state index contributed by atoms with van der Waals surface area (Å²) in [6.07, 6.45) is 0.833. The summed E-state index contributed by atoms with van der Waals surface area (Å²) in [5.74, 6) is 0.104. The van der Waals surface area contributed by atoms with Crippen molar-refractivity contribution in [1.82, 2.24) is 5.32 Å². The molecule has 0 aromatic heterocycles. The van der Waals surface area contributed by atoms with Gasteiger partial charge < -0.3 is 57.8 Å². The maximum Gasteiger partial charge on any atom is 0.222 e. The Balaban J connectivity index is 3.07. The van der Waals surface area contributed by atoms with Gasteiger partial charge >= 0.3 is 0 Å². The van der Waals surface area contributed by atoms with Crippen LogP contribution in [0.2, 0.25) is 0 Å². The third-order valence-electron chi connectivity index (χ3n) is 5.19. The highest BCUT2D eigenvalue weighted by atomic mass is 16.6. The number of carbonyl (C=O) groups excluding carboxylic acids is 1. The monoisotopic (exact) mass is 585 g/mol. The van der Waals surface area contributed by atoms with Gasteiger partial charge in [-0.3, -0.25) is 4.79 Å². The van der Waals surface area contributed by atoms with Crippen LogP contribution in [-0.4, -0.2) is 156 Å². The van der Waals surface area contributed by atoms with Crippen molar-refractivity contribution in [2.75, 3.05) is 145 Å². The first-order valence-electron chi connectivity index (χ1n) is 14.4. The standard InChI is InChI=1S/C27H55NO12/c1-3-26(2)27(30)28-4-6-31-8-10-33-12-14-35-16-18-37-20-22-39-24-25-40-23-21-38-19-17-36-15-13-34-11-9-32-7-5-29/h26,29H,3-25H2,1-2H3,(H,28,30). The van der Waals surface area contributed by atoms with Crippen molar-refractivity contribution in [1.29, 1.82) is 0 Å². The van der Waals surface area contributed by atoms with E-state index in [2.05, 4.69) is 5.32 Å². The van der Waals surface area contributed by atoms with Gasteiger partial charge in [-0.05, 0) is 6.42 Å². The number of aliphatic hydroxyl groups excluding tert-OH is 1. The van der Waals surface area contributed by atoms with Crippen LogP contribution < -0.4 is 5.32 Å². The van der Waals surface area contributed by atoms with E-state index < -0.39 is 0 Å². The number of hydrogen-bond donors (Lipinski definition) is 2. The molecule has 0 rings (SSSR count). The summed E-state index contributed by atoms with van der Waals surface area (Å²) in [6.45, 7) is 14.2. The molecular formula is C27H55NO12. The topological polar surface area (TPSA) is 142 Å². The normalized spacial score (nSPS) is 12.2. The highest BCUT2D eigenvalue weighted by molar-refractivity contribution is 5.78. The van der Waals surface area contributed by atoms with Gasteiger partial charge in [-0.1, -0.05) is 13.8 Å². The molecule has 0 saturated carbocycles. The van der Waals surface area contributed by atoms with E-state index in [0.29, 0.717) is 139 Å². The zero-order valence-electron chi connectivity index (χ0n) is 24.8. The second-order valence-electron chi connectivity index (χ2n) is 8.45. The highest BCUT2D eigenvalue weighted by Gasteiger charge is 2.08. The molecule has 0 fully saturated rings. The first kappa shape index (κ1) is 39.0. The summed E-state index contributed by atoms with van der Waals surface area (Å²) in [6, 6.07) is 0. The largest absolute Gasteiger partial charge is 0.394 e. The molecule has 0 saturated heterocycles. The Kier molecular flexibility index (Phi) is 33.4. The van der Waals surface area contributed by atoms with Crippen LogP contribution in [-0.2, 0) is 52.2 Å². The third-order valence-corrected chi connectivity index (χ3v) is 5.19. The molecule has 0 aromatic rings. The Morgan fingerprint density at radius 1 is 0.500 bits per heavy atom. The lowest BCUT2D eigenvalue weighted by molar-refractivity contribution is -0.124. The molecule has 13 heteroatoms. The molecule has 0 spiro atoms. The van der Waals surface area contributed by atoms with Crippen molar-refractivity contribution in [2.24, 2.45) is 5.92 Å². The Morgan fingerprint density at radius 2 is 0.750 bits per heavy atom. The van der Waals surface area contributed by atoms with Crippen LogP contribution in [0.5, 0.6) is 0 Å². The number of rotatable bonds is 34. The fourth-order valence-electron chi connectivity index (χ4n) is 2.75. The van der Waals surface area contributed by atoms with Crippen molar-refractivity contribution in [3.63, 3.8) is 0 Å². The first-order valence-corrected chi connectivity index (χ1v) is 14.4. The highest BCUT2D eigenvalue weighted by Crippen LogP contribution is 1.98. The van der Waals surface area contributed by atoms with E-state index in [-0.39, 0.29) is 18.4 Å². The van der Waals surface area contributed by atoms with Gasteiger partial charge in [-0.2, -0.15) is 0 Å². The summed E-state index contributed by atoms with van der Waals surface area (Å²) in [4.78, 5) is 11.6. The van der Waals surface area contributed by atoms with Crippen molar-refractivity contribution < 1.29 is 57.3 Å². The minimum atomic E-state index is 0.0244. The molecule has 40 heavy (non-hydrogen) atoms. The van der Waals surface area contributed by atoms with Gasteiger partial charge in [0.15, 0.2) is 0 Å². The van der Waals surface area contributed by atoms with E-state index in [1.807, 2.05) is 13.8 Å². The van der Waals surface area contributed by atoms with E-state index in [0.717, 1.165) is 6.42 Å². The molecule has 1 atom stereocenters. The average Bonchev–Trinajstić information content (AvgIpc) is 2.97. The summed E-state index contributed by atoms with van der Waals surface area (Å²) in [5.41, 5.74) is 0. The maximum atomic E-state index is 11.6. The molecule has 0 aliphatic heterocycles. The molecule has 0 aliphatic rings. The molecule has 13 nitrogen and oxygen atoms in total. The fourth-order valence-corrected chi connectivity index (χ4v) is 2.75. The van der Waals surface area contributed by atoms with Crippen LogP contribution in [0.4, 0.5) is 0 Å². The predicted molar refractivity (Wildman–Crippen MR) is 148 cm³/mol. The van der Waals surface area contributed by atoms with Gasteiger partial charge in [0.2, 0.25) is 5.91 Å². The summed E-state index contributed by atoms with van der Waals surface area (Å²) in [7, 11) is 0. The third kappa shape index (κ3) is 31.6. The molecule has 1 unspecified atom stereocenters. The number of carbonyl (C=O) groups is 1. The average molecular weight is 586 g/mol. The number of amides is 1. The van der Waals surface area contributed by atoms with E-state index in [9.17, 15) is 4.79 Å². The van der Waals surface area contributed by atoms with Gasteiger partial charge in [0.1, 0.15) is 0 Å². The van der Waals surface area contributed by atoms with Crippen LogP contribution in [0.3, 0.4) is 0 Å². The maximum absolute atomic E-state index is 11.6. The van der Waals surface area contributed by atoms with Gasteiger partial charge in [0, 0.05) is 12.5 Å². The molecule has 2 N–H and O–H groups in total. The second-order valence-corrected chi connectivity index (χ2v) is 8.45. The molecule has 0 heterocycles. The van der Waals surface area contributed by atoms with Crippen molar-refractivity contribution in [3.8, 4) is 0 Å². The Labute approximate surface area is 240 Å². The van der Waals surface area contributed by atoms with E-state index in [1.165, 1.54) is 0 Å². The van der Waals surface area contributed by atoms with Crippen LogP contribution in [0.25, 0.3) is 0 Å². The fraction of sp³-hybridized carbons (Fsp3) is 0.963. The van der Waals surface area contributed by atoms with E-state index in [4.69, 9.17) is 52.5 Å². The lowest BCUT2D eigenvalue weighted by Crippen LogP contribution is -2.31. The molecule has 0 aliphatic carbocycles. The zero-order chi connectivity index (χ0) is 29.2. The van der Waals surface area contributed by atoms with E-state index in [1.54, 1.807) is 0 Å². The molecule has 0 aromatic carbocycles. The van der Waals surface area contributed by atoms with Crippen LogP contribution in [0, 0.1) is 5.92 Å². The SMILES string of the molecule is CCC(C)C(=O)NCCOCCOCCOCCOCCOCCOCCOCCOCCOCCOCCO. The molecule has 0 bridgehead atoms. The molecule has 0 radical (unpaired) electrons. The summed E-state index contributed by atoms with van der Waals surface area (Å²) < 4.78 is 53.9. The minimum Gasteiger partial charge on any atom is -0.394 e. The van der Waals surface area contributed by atoms with Crippen LogP contribution >= 0.6 is 0 Å². The van der Waals surface area contributed by atoms with Gasteiger partial charge in [0.25, 0.3) is 0 Å². The lowest BCUT2D eigenvalue weighted by atomic mass is 10.1. The van der Waals surface area contributed by atoms with Crippen molar-refractivity contribution in [3.05, 3.63) is 0 Å². The van der Waals surface area contributed by atoms with Gasteiger partial charge in [0.05, 0.1) is 139 Å². The molecular weight excluding hydrogens is 530 g/mol. The smallest absolute Gasteiger partial charge is 0.222 e. The lowest BCUT2D eigenvalue weighted by Gasteiger charge is -2.10. The summed E-state index contributed by atoms with van der Waals surface area (Å²) in [5, 5.41) is 11.4. The van der Waals surface area contributed by atoms with Gasteiger partial charge in [-0.25, -0.2) is 0 Å². The molecule has 1 amide bonds. The van der Waals surface area contributed by atoms with Crippen LogP contribution in [0.1, 0.15) is 20.3 Å². The number of aliphatic hydroxyl groups is 1. The summed E-state index contributed by atoms with van der Waals surface area (Å²) >= 11 is 0. The first-order chi connectivity index (χ1) is 19.7. The molecule has 240 valence electrons. The van der Waals surface area contributed by atoms with Crippen LogP contribution in [0.15, 0.2) is 0 Å². The Bertz CT molecular complexity index is 504. The number of ether oxygens (including phenoxy) is 10. The minimum absolute atomic E-state index is 0.0244. The number of nitrogens with one attached hydrogen (secondary N) is 1. The van der Waals surface area contributed by atoms with Crippen molar-refractivity contribution >= 4 is 5.91 Å². The van der Waals surface area contributed by atoms with E-state index >= 15 is 0 Å². The Hall–Kier alpha value is -0.970. The van der Waals surface area contributed by atoms with Crippen molar-refractivity contribution in [2.45, 2.75) is 20.3 Å². The Morgan fingerprint density at radius 3 is 1.00 bits per heavy atom.